The van der Waals surface area contributed by atoms with Crippen LogP contribution in [0.2, 0.25) is 0 Å². The Balaban J connectivity index is 1.75. The van der Waals surface area contributed by atoms with Crippen molar-refractivity contribution in [1.82, 2.24) is 4.90 Å². The standard InChI is InChI=1S/C9H14N2O/c1-11-6-3-4(10)2-5-7-8(12-7)9(5,6)11/h4-8H,2-3,10H2,1H3. The molecular weight excluding hydrogens is 152 g/mol. The maximum atomic E-state index is 6.00. The fourth-order valence-electron chi connectivity index (χ4n) is 3.97. The Bertz CT molecular complexity index is 269. The third kappa shape index (κ3) is 0.405. The molecule has 12 heavy (non-hydrogen) atoms. The predicted octanol–water partition coefficient (Wildman–Crippen LogP) is -0.442. The monoisotopic (exact) mass is 166 g/mol. The van der Waals surface area contributed by atoms with Crippen molar-refractivity contribution in [2.45, 2.75) is 42.7 Å². The molecule has 0 radical (unpaired) electrons. The van der Waals surface area contributed by atoms with Crippen LogP contribution < -0.4 is 5.73 Å². The molecule has 2 N–H and O–H groups in total. The minimum atomic E-state index is 0.434. The van der Waals surface area contributed by atoms with Gasteiger partial charge in [0.15, 0.2) is 0 Å². The van der Waals surface area contributed by atoms with Crippen LogP contribution in [0.25, 0.3) is 0 Å². The molecule has 2 saturated carbocycles. The van der Waals surface area contributed by atoms with Crippen LogP contribution in [0.15, 0.2) is 0 Å². The molecule has 7 unspecified atom stereocenters. The summed E-state index contributed by atoms with van der Waals surface area (Å²) >= 11 is 0. The van der Waals surface area contributed by atoms with Gasteiger partial charge in [0.25, 0.3) is 0 Å². The molecule has 0 bridgehead atoms. The lowest BCUT2D eigenvalue weighted by Crippen LogP contribution is -2.54. The van der Waals surface area contributed by atoms with Crippen molar-refractivity contribution in [3.63, 3.8) is 0 Å². The lowest BCUT2D eigenvalue weighted by molar-refractivity contribution is 0.188. The van der Waals surface area contributed by atoms with Gasteiger partial charge in [0, 0.05) is 18.0 Å². The Morgan fingerprint density at radius 3 is 3.17 bits per heavy atom. The summed E-state index contributed by atoms with van der Waals surface area (Å²) in [6, 6.07) is 1.19. The van der Waals surface area contributed by atoms with E-state index in [0.29, 0.717) is 23.8 Å². The highest BCUT2D eigenvalue weighted by molar-refractivity contribution is 5.40. The molecule has 7 atom stereocenters. The van der Waals surface area contributed by atoms with E-state index >= 15 is 0 Å². The normalized spacial score (nSPS) is 76.5. The SMILES string of the molecule is CN1C2CC(N)CC3C4OC4C321. The molecule has 1 spiro atoms. The second kappa shape index (κ2) is 1.47. The van der Waals surface area contributed by atoms with E-state index in [1.54, 1.807) is 0 Å². The predicted molar refractivity (Wildman–Crippen MR) is 43.6 cm³/mol. The number of nitrogens with zero attached hydrogens (tertiary/aromatic N) is 1. The van der Waals surface area contributed by atoms with Crippen molar-refractivity contribution < 1.29 is 4.74 Å². The number of ether oxygens (including phenoxy) is 1. The Morgan fingerprint density at radius 1 is 1.50 bits per heavy atom. The first-order valence-corrected chi connectivity index (χ1v) is 4.90. The second-order valence-electron chi connectivity index (χ2n) is 4.87. The summed E-state index contributed by atoms with van der Waals surface area (Å²) in [7, 11) is 2.23. The fraction of sp³-hybridized carbons (Fsp3) is 1.00. The first kappa shape index (κ1) is 6.35. The topological polar surface area (TPSA) is 41.6 Å². The Labute approximate surface area is 71.8 Å². The molecule has 0 aromatic carbocycles. The average molecular weight is 166 g/mol. The smallest absolute Gasteiger partial charge is 0.105 e. The van der Waals surface area contributed by atoms with Crippen LogP contribution in [0, 0.1) is 5.92 Å². The van der Waals surface area contributed by atoms with E-state index in [0.717, 1.165) is 12.0 Å². The molecule has 2 aliphatic heterocycles. The summed E-state index contributed by atoms with van der Waals surface area (Å²) in [5.74, 6) is 0.779. The molecular formula is C9H14N2O. The minimum Gasteiger partial charge on any atom is -0.367 e. The van der Waals surface area contributed by atoms with Gasteiger partial charge >= 0.3 is 0 Å². The van der Waals surface area contributed by atoms with E-state index in [2.05, 4.69) is 11.9 Å². The zero-order valence-corrected chi connectivity index (χ0v) is 7.23. The summed E-state index contributed by atoms with van der Waals surface area (Å²) < 4.78 is 5.64. The van der Waals surface area contributed by atoms with E-state index in [4.69, 9.17) is 10.5 Å². The van der Waals surface area contributed by atoms with E-state index < -0.39 is 0 Å². The summed E-state index contributed by atoms with van der Waals surface area (Å²) in [5, 5.41) is 0. The van der Waals surface area contributed by atoms with Gasteiger partial charge in [-0.3, -0.25) is 4.90 Å². The summed E-state index contributed by atoms with van der Waals surface area (Å²) in [5.41, 5.74) is 6.48. The Morgan fingerprint density at radius 2 is 2.33 bits per heavy atom. The van der Waals surface area contributed by atoms with Crippen LogP contribution in [0.3, 0.4) is 0 Å². The van der Waals surface area contributed by atoms with Crippen molar-refractivity contribution in [2.24, 2.45) is 11.7 Å². The molecule has 0 aromatic heterocycles. The highest BCUT2D eigenvalue weighted by Gasteiger charge is 2.87. The number of fused-ring (bicyclic) bond motifs is 2. The van der Waals surface area contributed by atoms with Crippen molar-refractivity contribution in [3.8, 4) is 0 Å². The van der Waals surface area contributed by atoms with Crippen LogP contribution in [0.5, 0.6) is 0 Å². The molecule has 2 saturated heterocycles. The van der Waals surface area contributed by atoms with Crippen LogP contribution in [-0.2, 0) is 4.74 Å². The van der Waals surface area contributed by atoms with E-state index in [-0.39, 0.29) is 0 Å². The van der Waals surface area contributed by atoms with Gasteiger partial charge < -0.3 is 10.5 Å². The number of epoxide rings is 1. The molecule has 2 heterocycles. The summed E-state index contributed by atoms with van der Waals surface area (Å²) in [4.78, 5) is 2.50. The molecule has 0 aromatic rings. The second-order valence-corrected chi connectivity index (χ2v) is 4.87. The zero-order chi connectivity index (χ0) is 8.09. The van der Waals surface area contributed by atoms with Crippen LogP contribution in [0.1, 0.15) is 12.8 Å². The number of likely N-dealkylation sites (N-methyl/N-ethyl adjacent to an activating group) is 1. The first-order valence-electron chi connectivity index (χ1n) is 4.90. The van der Waals surface area contributed by atoms with Gasteiger partial charge in [0.2, 0.25) is 0 Å². The number of hydrogen-bond acceptors (Lipinski definition) is 3. The van der Waals surface area contributed by atoms with E-state index in [9.17, 15) is 0 Å². The lowest BCUT2D eigenvalue weighted by Gasteiger charge is -2.37. The van der Waals surface area contributed by atoms with Gasteiger partial charge in [-0.1, -0.05) is 0 Å². The zero-order valence-electron chi connectivity index (χ0n) is 7.23. The van der Waals surface area contributed by atoms with Crippen molar-refractivity contribution >= 4 is 0 Å². The maximum Gasteiger partial charge on any atom is 0.105 e. The molecule has 3 heteroatoms. The van der Waals surface area contributed by atoms with Gasteiger partial charge in [-0.2, -0.15) is 0 Å². The largest absolute Gasteiger partial charge is 0.367 e. The van der Waals surface area contributed by atoms with Gasteiger partial charge in [-0.15, -0.1) is 0 Å². The molecule has 4 fully saturated rings. The lowest BCUT2D eigenvalue weighted by atomic mass is 9.63. The van der Waals surface area contributed by atoms with Crippen molar-refractivity contribution in [1.29, 1.82) is 0 Å². The molecule has 66 valence electrons. The number of likely N-dealkylation sites (tertiary alicyclic amines) is 1. The number of hydrogen-bond donors (Lipinski definition) is 1. The summed E-state index contributed by atoms with van der Waals surface area (Å²) in [6.07, 6.45) is 3.59. The quantitative estimate of drug-likeness (QED) is 0.496. The minimum absolute atomic E-state index is 0.434. The Kier molecular flexibility index (Phi) is 0.778. The molecule has 3 nitrogen and oxygen atoms in total. The number of rotatable bonds is 0. The highest BCUT2D eigenvalue weighted by atomic mass is 16.6. The van der Waals surface area contributed by atoms with E-state index in [1.807, 2.05) is 0 Å². The third-order valence-corrected chi connectivity index (χ3v) is 4.60. The van der Waals surface area contributed by atoms with Crippen LogP contribution in [0.4, 0.5) is 0 Å². The molecule has 4 rings (SSSR count). The van der Waals surface area contributed by atoms with Crippen LogP contribution >= 0.6 is 0 Å². The van der Waals surface area contributed by atoms with E-state index in [1.165, 1.54) is 12.8 Å². The van der Waals surface area contributed by atoms with Crippen molar-refractivity contribution in [3.05, 3.63) is 0 Å². The third-order valence-electron chi connectivity index (χ3n) is 4.60. The van der Waals surface area contributed by atoms with Gasteiger partial charge in [-0.25, -0.2) is 0 Å². The molecule has 4 aliphatic rings. The first-order chi connectivity index (χ1) is 5.76. The Hall–Kier alpha value is -0.120. The average Bonchev–Trinajstić information content (AvgIpc) is 2.85. The fourth-order valence-corrected chi connectivity index (χ4v) is 3.97. The van der Waals surface area contributed by atoms with Crippen molar-refractivity contribution in [2.75, 3.05) is 7.05 Å². The molecule has 2 aliphatic carbocycles. The molecule has 0 amide bonds. The van der Waals surface area contributed by atoms with Gasteiger partial charge in [-0.05, 0) is 19.9 Å². The van der Waals surface area contributed by atoms with Gasteiger partial charge in [0.1, 0.15) is 6.10 Å². The summed E-state index contributed by atoms with van der Waals surface area (Å²) in [6.45, 7) is 0. The van der Waals surface area contributed by atoms with Crippen LogP contribution in [-0.4, -0.2) is 41.8 Å². The maximum absolute atomic E-state index is 6.00. The number of nitrogens with two attached hydrogens (primary N) is 1. The van der Waals surface area contributed by atoms with Gasteiger partial charge in [0.05, 0.1) is 11.6 Å². The highest BCUT2D eigenvalue weighted by Crippen LogP contribution is 2.71.